The van der Waals surface area contributed by atoms with Crippen molar-refractivity contribution >= 4 is 51.8 Å². The van der Waals surface area contributed by atoms with E-state index in [4.69, 9.17) is 28.9 Å². The average Bonchev–Trinajstić information content (AvgIpc) is 3.03. The molecule has 3 aromatic rings. The lowest BCUT2D eigenvalue weighted by molar-refractivity contribution is 0.102. The first-order valence-electron chi connectivity index (χ1n) is 6.72. The Balaban J connectivity index is 1.83. The lowest BCUT2D eigenvalue weighted by Crippen LogP contribution is -2.12. The molecule has 1 heterocycles. The summed E-state index contributed by atoms with van der Waals surface area (Å²) >= 11 is 13.0. The third-order valence-corrected chi connectivity index (χ3v) is 4.68. The number of halogens is 3. The van der Waals surface area contributed by atoms with E-state index in [-0.39, 0.29) is 21.4 Å². The topological polar surface area (TPSA) is 68.0 Å². The zero-order chi connectivity index (χ0) is 17.3. The molecule has 0 radical (unpaired) electrons. The normalized spacial score (nSPS) is 10.6. The molecule has 0 saturated heterocycles. The second-order valence-electron chi connectivity index (χ2n) is 4.83. The number of nitrogens with two attached hydrogens (primary N) is 1. The van der Waals surface area contributed by atoms with Crippen LogP contribution in [0.3, 0.4) is 0 Å². The smallest absolute Gasteiger partial charge is 0.275 e. The van der Waals surface area contributed by atoms with Crippen LogP contribution in [0.4, 0.5) is 15.8 Å². The molecule has 1 amide bonds. The lowest BCUT2D eigenvalue weighted by atomic mass is 10.2. The standard InChI is InChI=1S/C16H10Cl2FN3OS/c17-10-5-8(6-11(18)14(10)20)21-15(23)13-7-24-16(22-13)9-3-1-2-4-12(9)19/h1-7H,20H2,(H,21,23). The summed E-state index contributed by atoms with van der Waals surface area (Å²) in [6.07, 6.45) is 0. The second-order valence-corrected chi connectivity index (χ2v) is 6.50. The fraction of sp³-hybridized carbons (Fsp3) is 0. The van der Waals surface area contributed by atoms with Crippen molar-refractivity contribution in [1.82, 2.24) is 4.98 Å². The molecule has 3 rings (SSSR count). The number of carbonyl (C=O) groups is 1. The van der Waals surface area contributed by atoms with Crippen molar-refractivity contribution in [3.8, 4) is 10.6 Å². The highest BCUT2D eigenvalue weighted by Gasteiger charge is 2.15. The van der Waals surface area contributed by atoms with Crippen molar-refractivity contribution in [1.29, 1.82) is 0 Å². The van der Waals surface area contributed by atoms with Gasteiger partial charge in [-0.3, -0.25) is 4.79 Å². The minimum absolute atomic E-state index is 0.169. The van der Waals surface area contributed by atoms with E-state index in [1.165, 1.54) is 29.5 Å². The maximum absolute atomic E-state index is 13.8. The van der Waals surface area contributed by atoms with Crippen LogP contribution in [0.2, 0.25) is 10.0 Å². The van der Waals surface area contributed by atoms with Gasteiger partial charge in [-0.25, -0.2) is 9.37 Å². The molecular weight excluding hydrogens is 372 g/mol. The molecule has 3 N–H and O–H groups in total. The van der Waals surface area contributed by atoms with Crippen LogP contribution in [0.1, 0.15) is 10.5 Å². The van der Waals surface area contributed by atoms with Crippen LogP contribution in [-0.2, 0) is 0 Å². The van der Waals surface area contributed by atoms with Gasteiger partial charge in [0.15, 0.2) is 0 Å². The molecule has 0 atom stereocenters. The molecule has 1 aromatic heterocycles. The summed E-state index contributed by atoms with van der Waals surface area (Å²) < 4.78 is 13.8. The van der Waals surface area contributed by atoms with Gasteiger partial charge in [-0.05, 0) is 24.3 Å². The molecule has 0 fully saturated rings. The first kappa shape index (κ1) is 16.7. The largest absolute Gasteiger partial charge is 0.396 e. The predicted octanol–water partition coefficient (Wildman–Crippen LogP) is 5.09. The fourth-order valence-electron chi connectivity index (χ4n) is 1.99. The Bertz CT molecular complexity index is 906. The molecule has 0 saturated carbocycles. The fourth-order valence-corrected chi connectivity index (χ4v) is 3.30. The second kappa shape index (κ2) is 6.76. The summed E-state index contributed by atoms with van der Waals surface area (Å²) in [6.45, 7) is 0. The van der Waals surface area contributed by atoms with Crippen molar-refractivity contribution in [3.63, 3.8) is 0 Å². The number of anilines is 2. The van der Waals surface area contributed by atoms with Gasteiger partial charge >= 0.3 is 0 Å². The maximum Gasteiger partial charge on any atom is 0.275 e. The Labute approximate surface area is 151 Å². The molecule has 0 aliphatic carbocycles. The van der Waals surface area contributed by atoms with E-state index < -0.39 is 11.7 Å². The van der Waals surface area contributed by atoms with E-state index in [0.29, 0.717) is 16.3 Å². The molecular formula is C16H10Cl2FN3OS. The molecule has 0 spiro atoms. The number of hydrogen-bond donors (Lipinski definition) is 2. The minimum atomic E-state index is -0.453. The number of benzene rings is 2. The zero-order valence-electron chi connectivity index (χ0n) is 12.0. The Kier molecular flexibility index (Phi) is 4.71. The Hall–Kier alpha value is -2.15. The van der Waals surface area contributed by atoms with Gasteiger partial charge in [0.2, 0.25) is 0 Å². The molecule has 2 aromatic carbocycles. The first-order chi connectivity index (χ1) is 11.5. The summed E-state index contributed by atoms with van der Waals surface area (Å²) in [6, 6.07) is 9.23. The highest BCUT2D eigenvalue weighted by molar-refractivity contribution is 7.13. The Morgan fingerprint density at radius 3 is 2.54 bits per heavy atom. The van der Waals surface area contributed by atoms with Gasteiger partial charge in [0, 0.05) is 16.6 Å². The number of thiazole rings is 1. The van der Waals surface area contributed by atoms with Crippen LogP contribution in [0.5, 0.6) is 0 Å². The van der Waals surface area contributed by atoms with Crippen molar-refractivity contribution in [2.45, 2.75) is 0 Å². The van der Waals surface area contributed by atoms with Gasteiger partial charge in [-0.2, -0.15) is 0 Å². The van der Waals surface area contributed by atoms with Crippen LogP contribution in [0.25, 0.3) is 10.6 Å². The van der Waals surface area contributed by atoms with Crippen molar-refractivity contribution < 1.29 is 9.18 Å². The van der Waals surface area contributed by atoms with E-state index in [9.17, 15) is 9.18 Å². The predicted molar refractivity (Wildman–Crippen MR) is 96.3 cm³/mol. The molecule has 0 aliphatic rings. The number of amides is 1. The summed E-state index contributed by atoms with van der Waals surface area (Å²) in [5.74, 6) is -0.846. The Morgan fingerprint density at radius 2 is 1.88 bits per heavy atom. The third-order valence-electron chi connectivity index (χ3n) is 3.18. The number of nitrogens with zero attached hydrogens (tertiary/aromatic N) is 1. The number of rotatable bonds is 3. The first-order valence-corrected chi connectivity index (χ1v) is 8.35. The van der Waals surface area contributed by atoms with Gasteiger partial charge in [0.1, 0.15) is 16.5 Å². The monoisotopic (exact) mass is 381 g/mol. The molecule has 0 unspecified atom stereocenters. The molecule has 4 nitrogen and oxygen atoms in total. The molecule has 0 bridgehead atoms. The quantitative estimate of drug-likeness (QED) is 0.620. The van der Waals surface area contributed by atoms with Crippen molar-refractivity contribution in [2.24, 2.45) is 0 Å². The zero-order valence-corrected chi connectivity index (χ0v) is 14.3. The molecule has 8 heteroatoms. The lowest BCUT2D eigenvalue weighted by Gasteiger charge is -2.07. The number of hydrogen-bond acceptors (Lipinski definition) is 4. The van der Waals surface area contributed by atoms with Gasteiger partial charge in [-0.15, -0.1) is 11.3 Å². The minimum Gasteiger partial charge on any atom is -0.396 e. The number of carbonyl (C=O) groups excluding carboxylic acids is 1. The highest BCUT2D eigenvalue weighted by Crippen LogP contribution is 2.31. The van der Waals surface area contributed by atoms with E-state index in [1.54, 1.807) is 23.6 Å². The van der Waals surface area contributed by atoms with Crippen LogP contribution in [0.15, 0.2) is 41.8 Å². The molecule has 0 aliphatic heterocycles. The third kappa shape index (κ3) is 3.36. The van der Waals surface area contributed by atoms with Crippen LogP contribution in [0, 0.1) is 5.82 Å². The molecule has 122 valence electrons. The van der Waals surface area contributed by atoms with E-state index in [2.05, 4.69) is 10.3 Å². The van der Waals surface area contributed by atoms with Crippen molar-refractivity contribution in [2.75, 3.05) is 11.1 Å². The van der Waals surface area contributed by atoms with Crippen molar-refractivity contribution in [3.05, 3.63) is 63.3 Å². The van der Waals surface area contributed by atoms with Gasteiger partial charge in [0.25, 0.3) is 5.91 Å². The van der Waals surface area contributed by atoms with Gasteiger partial charge < -0.3 is 11.1 Å². The van der Waals surface area contributed by atoms with Gasteiger partial charge in [-0.1, -0.05) is 35.3 Å². The van der Waals surface area contributed by atoms with Crippen LogP contribution >= 0.6 is 34.5 Å². The summed E-state index contributed by atoms with van der Waals surface area (Å²) in [5.41, 5.74) is 6.80. The Morgan fingerprint density at radius 1 is 1.21 bits per heavy atom. The summed E-state index contributed by atoms with van der Waals surface area (Å²) in [5, 5.41) is 5.09. The number of nitrogens with one attached hydrogen (secondary N) is 1. The van der Waals surface area contributed by atoms with Gasteiger partial charge in [0.05, 0.1) is 15.7 Å². The molecule has 24 heavy (non-hydrogen) atoms. The van der Waals surface area contributed by atoms with Crippen LogP contribution in [-0.4, -0.2) is 10.9 Å². The van der Waals surface area contributed by atoms with E-state index >= 15 is 0 Å². The maximum atomic E-state index is 13.8. The summed E-state index contributed by atoms with van der Waals surface area (Å²) in [4.78, 5) is 16.4. The number of aromatic nitrogens is 1. The van der Waals surface area contributed by atoms with E-state index in [0.717, 1.165) is 0 Å². The summed E-state index contributed by atoms with van der Waals surface area (Å²) in [7, 11) is 0. The highest BCUT2D eigenvalue weighted by atomic mass is 35.5. The SMILES string of the molecule is Nc1c(Cl)cc(NC(=O)c2csc(-c3ccccc3F)n2)cc1Cl. The van der Waals surface area contributed by atoms with E-state index in [1.807, 2.05) is 0 Å². The van der Waals surface area contributed by atoms with Crippen LogP contribution < -0.4 is 11.1 Å². The number of nitrogen functional groups attached to an aromatic ring is 1. The average molecular weight is 382 g/mol.